The second-order valence-corrected chi connectivity index (χ2v) is 2.03. The first-order valence-electron chi connectivity index (χ1n) is 3.48. The molecular formula is C8H11NO4. The Morgan fingerprint density at radius 2 is 1.85 bits per heavy atom. The highest BCUT2D eigenvalue weighted by molar-refractivity contribution is 5.86. The summed E-state index contributed by atoms with van der Waals surface area (Å²) in [7, 11) is 0. The summed E-state index contributed by atoms with van der Waals surface area (Å²) in [4.78, 5) is 21.1. The number of carbonyl (C=O) groups is 2. The monoisotopic (exact) mass is 185 g/mol. The van der Waals surface area contributed by atoms with Crippen LogP contribution in [0.1, 0.15) is 0 Å². The first-order chi connectivity index (χ1) is 6.07. The molecule has 0 spiro atoms. The van der Waals surface area contributed by atoms with Gasteiger partial charge in [-0.3, -0.25) is 0 Å². The number of hydrogen-bond donors (Lipinski definition) is 1. The summed E-state index contributed by atoms with van der Waals surface area (Å²) < 4.78 is 9.04. The van der Waals surface area contributed by atoms with Crippen molar-refractivity contribution in [2.24, 2.45) is 5.73 Å². The normalized spacial score (nSPS) is 8.62. The van der Waals surface area contributed by atoms with Crippen LogP contribution >= 0.6 is 0 Å². The van der Waals surface area contributed by atoms with Gasteiger partial charge in [0, 0.05) is 6.08 Å². The Morgan fingerprint density at radius 1 is 1.31 bits per heavy atom. The standard InChI is InChI=1S/C8H11NO4/c1-3-7(10)12-4-5-13-8(11)6(2)9/h3H,1-2,4-5,9H2. The number of esters is 2. The Labute approximate surface area is 75.8 Å². The van der Waals surface area contributed by atoms with E-state index in [1.165, 1.54) is 0 Å². The van der Waals surface area contributed by atoms with Crippen molar-refractivity contribution in [3.63, 3.8) is 0 Å². The molecule has 0 amide bonds. The van der Waals surface area contributed by atoms with Gasteiger partial charge in [-0.05, 0) is 0 Å². The zero-order chi connectivity index (χ0) is 10.3. The molecule has 0 aliphatic carbocycles. The van der Waals surface area contributed by atoms with Crippen LogP contribution in [0.25, 0.3) is 0 Å². The number of nitrogens with two attached hydrogens (primary N) is 1. The first-order valence-corrected chi connectivity index (χ1v) is 3.48. The maximum Gasteiger partial charge on any atom is 0.353 e. The van der Waals surface area contributed by atoms with Crippen LogP contribution in [0, 0.1) is 0 Å². The molecule has 0 saturated heterocycles. The molecule has 0 aromatic carbocycles. The SMILES string of the molecule is C=CC(=O)OCCOC(=O)C(=C)N. The molecule has 5 heteroatoms. The fraction of sp³-hybridized carbons (Fsp3) is 0.250. The number of carbonyl (C=O) groups excluding carboxylic acids is 2. The molecule has 2 N–H and O–H groups in total. The quantitative estimate of drug-likeness (QED) is 0.362. The lowest BCUT2D eigenvalue weighted by Gasteiger charge is -2.03. The molecule has 0 saturated carbocycles. The van der Waals surface area contributed by atoms with Crippen molar-refractivity contribution in [2.45, 2.75) is 0 Å². The molecule has 0 aromatic heterocycles. The van der Waals surface area contributed by atoms with Crippen molar-refractivity contribution in [2.75, 3.05) is 13.2 Å². The minimum absolute atomic E-state index is 0.0239. The molecule has 0 heterocycles. The Kier molecular flexibility index (Phi) is 5.02. The molecule has 0 unspecified atom stereocenters. The van der Waals surface area contributed by atoms with Crippen molar-refractivity contribution in [1.29, 1.82) is 0 Å². The maximum absolute atomic E-state index is 10.6. The summed E-state index contributed by atoms with van der Waals surface area (Å²) in [5.74, 6) is -1.28. The van der Waals surface area contributed by atoms with E-state index >= 15 is 0 Å². The summed E-state index contributed by atoms with van der Waals surface area (Å²) in [6.45, 7) is 6.28. The van der Waals surface area contributed by atoms with E-state index in [4.69, 9.17) is 5.73 Å². The molecule has 0 fully saturated rings. The first kappa shape index (κ1) is 11.2. The predicted molar refractivity (Wildman–Crippen MR) is 45.4 cm³/mol. The van der Waals surface area contributed by atoms with Gasteiger partial charge in [0.15, 0.2) is 0 Å². The van der Waals surface area contributed by atoms with Gasteiger partial charge in [-0.2, -0.15) is 0 Å². The van der Waals surface area contributed by atoms with Crippen LogP contribution in [0.5, 0.6) is 0 Å². The van der Waals surface area contributed by atoms with Crippen LogP contribution in [-0.2, 0) is 19.1 Å². The minimum atomic E-state index is -0.713. The highest BCUT2D eigenvalue weighted by atomic mass is 16.6. The van der Waals surface area contributed by atoms with Crippen molar-refractivity contribution >= 4 is 11.9 Å². The highest BCUT2D eigenvalue weighted by Gasteiger charge is 2.03. The van der Waals surface area contributed by atoms with Crippen molar-refractivity contribution in [3.8, 4) is 0 Å². The van der Waals surface area contributed by atoms with Crippen LogP contribution in [-0.4, -0.2) is 25.2 Å². The van der Waals surface area contributed by atoms with Crippen LogP contribution in [0.3, 0.4) is 0 Å². The number of hydrogen-bond acceptors (Lipinski definition) is 5. The maximum atomic E-state index is 10.6. The van der Waals surface area contributed by atoms with Gasteiger partial charge in [0.05, 0.1) is 0 Å². The van der Waals surface area contributed by atoms with E-state index in [0.717, 1.165) is 6.08 Å². The van der Waals surface area contributed by atoms with Gasteiger partial charge in [-0.15, -0.1) is 0 Å². The zero-order valence-electron chi connectivity index (χ0n) is 7.12. The summed E-state index contributed by atoms with van der Waals surface area (Å²) >= 11 is 0. The molecular weight excluding hydrogens is 174 g/mol. The second-order valence-electron chi connectivity index (χ2n) is 2.03. The van der Waals surface area contributed by atoms with Crippen LogP contribution < -0.4 is 5.73 Å². The van der Waals surface area contributed by atoms with E-state index < -0.39 is 11.9 Å². The van der Waals surface area contributed by atoms with E-state index in [1.807, 2.05) is 0 Å². The van der Waals surface area contributed by atoms with Gasteiger partial charge in [0.1, 0.15) is 18.9 Å². The second kappa shape index (κ2) is 5.82. The molecule has 13 heavy (non-hydrogen) atoms. The smallest absolute Gasteiger partial charge is 0.353 e. The lowest BCUT2D eigenvalue weighted by molar-refractivity contribution is -0.146. The van der Waals surface area contributed by atoms with E-state index in [2.05, 4.69) is 22.6 Å². The van der Waals surface area contributed by atoms with Crippen molar-refractivity contribution in [1.82, 2.24) is 0 Å². The third kappa shape index (κ3) is 5.49. The Morgan fingerprint density at radius 3 is 2.31 bits per heavy atom. The van der Waals surface area contributed by atoms with Gasteiger partial charge in [0.25, 0.3) is 0 Å². The fourth-order valence-corrected chi connectivity index (χ4v) is 0.428. The van der Waals surface area contributed by atoms with Crippen molar-refractivity contribution < 1.29 is 19.1 Å². The van der Waals surface area contributed by atoms with E-state index in [0.29, 0.717) is 0 Å². The zero-order valence-corrected chi connectivity index (χ0v) is 7.12. The summed E-state index contributed by atoms with van der Waals surface area (Å²) in [6.07, 6.45) is 1.02. The third-order valence-electron chi connectivity index (χ3n) is 0.990. The van der Waals surface area contributed by atoms with Gasteiger partial charge >= 0.3 is 11.9 Å². The van der Waals surface area contributed by atoms with Crippen molar-refractivity contribution in [3.05, 3.63) is 24.9 Å². The number of ether oxygens (including phenoxy) is 2. The summed E-state index contributed by atoms with van der Waals surface area (Å²) in [6, 6.07) is 0. The fourth-order valence-electron chi connectivity index (χ4n) is 0.428. The minimum Gasteiger partial charge on any atom is -0.459 e. The summed E-state index contributed by atoms with van der Waals surface area (Å²) in [5, 5.41) is 0. The Hall–Kier alpha value is -1.78. The van der Waals surface area contributed by atoms with Crippen LogP contribution in [0.4, 0.5) is 0 Å². The molecule has 0 radical (unpaired) electrons. The lowest BCUT2D eigenvalue weighted by atomic mass is 10.5. The topological polar surface area (TPSA) is 78.6 Å². The average Bonchev–Trinajstić information content (AvgIpc) is 2.11. The molecule has 5 nitrogen and oxygen atoms in total. The molecule has 0 bridgehead atoms. The van der Waals surface area contributed by atoms with Crippen LogP contribution in [0.15, 0.2) is 24.9 Å². The Balaban J connectivity index is 3.46. The molecule has 0 atom stereocenters. The summed E-state index contributed by atoms with van der Waals surface area (Å²) in [5.41, 5.74) is 4.83. The molecule has 0 rings (SSSR count). The van der Waals surface area contributed by atoms with E-state index in [9.17, 15) is 9.59 Å². The van der Waals surface area contributed by atoms with E-state index in [1.54, 1.807) is 0 Å². The predicted octanol–water partition coefficient (Wildman–Crippen LogP) is -0.269. The van der Waals surface area contributed by atoms with Gasteiger partial charge in [0.2, 0.25) is 0 Å². The van der Waals surface area contributed by atoms with Gasteiger partial charge in [-0.25, -0.2) is 9.59 Å². The molecule has 0 aromatic rings. The van der Waals surface area contributed by atoms with Crippen LogP contribution in [0.2, 0.25) is 0 Å². The Bertz CT molecular complexity index is 234. The average molecular weight is 185 g/mol. The molecule has 0 aliphatic heterocycles. The lowest BCUT2D eigenvalue weighted by Crippen LogP contribution is -2.17. The largest absolute Gasteiger partial charge is 0.459 e. The third-order valence-corrected chi connectivity index (χ3v) is 0.990. The molecule has 72 valence electrons. The number of rotatable bonds is 5. The van der Waals surface area contributed by atoms with Gasteiger partial charge < -0.3 is 15.2 Å². The molecule has 0 aliphatic rings. The van der Waals surface area contributed by atoms with E-state index in [-0.39, 0.29) is 18.9 Å². The highest BCUT2D eigenvalue weighted by Crippen LogP contribution is 1.86. The van der Waals surface area contributed by atoms with Gasteiger partial charge in [-0.1, -0.05) is 13.2 Å².